The van der Waals surface area contributed by atoms with Crippen LogP contribution in [-0.2, 0) is 9.53 Å². The Balaban J connectivity index is 2.61. The van der Waals surface area contributed by atoms with E-state index in [1.807, 2.05) is 20.8 Å². The van der Waals surface area contributed by atoms with E-state index in [2.05, 4.69) is 17.1 Å². The number of hydrogen-bond donors (Lipinski definition) is 2. The van der Waals surface area contributed by atoms with Gasteiger partial charge in [0.05, 0.1) is 18.8 Å². The molecule has 2 unspecified atom stereocenters. The van der Waals surface area contributed by atoms with Gasteiger partial charge < -0.3 is 15.8 Å². The molecule has 1 aliphatic rings. The van der Waals surface area contributed by atoms with E-state index in [9.17, 15) is 4.79 Å². The molecule has 1 fully saturated rings. The molecule has 18 heavy (non-hydrogen) atoms. The van der Waals surface area contributed by atoms with Crippen LogP contribution in [-0.4, -0.2) is 54.7 Å². The Bertz CT molecular complexity index is 277. The Morgan fingerprint density at radius 3 is 2.39 bits per heavy atom. The number of nitrogens with zero attached hydrogens (tertiary/aromatic N) is 1. The van der Waals surface area contributed by atoms with Gasteiger partial charge in [0.25, 0.3) is 0 Å². The molecule has 1 aliphatic heterocycles. The molecular weight excluding hydrogens is 230 g/mol. The Hall–Kier alpha value is -0.650. The van der Waals surface area contributed by atoms with Gasteiger partial charge in [-0.2, -0.15) is 0 Å². The molecule has 0 aromatic rings. The summed E-state index contributed by atoms with van der Waals surface area (Å²) in [5, 5.41) is 3.29. The quantitative estimate of drug-likeness (QED) is 0.720. The highest BCUT2D eigenvalue weighted by atomic mass is 16.5. The minimum Gasteiger partial charge on any atom is -0.379 e. The fourth-order valence-corrected chi connectivity index (χ4v) is 2.61. The topological polar surface area (TPSA) is 67.6 Å². The van der Waals surface area contributed by atoms with Crippen LogP contribution >= 0.6 is 0 Å². The van der Waals surface area contributed by atoms with E-state index >= 15 is 0 Å². The van der Waals surface area contributed by atoms with Crippen LogP contribution in [0, 0.1) is 0 Å². The van der Waals surface area contributed by atoms with Crippen LogP contribution < -0.4 is 11.1 Å². The predicted octanol–water partition coefficient (Wildman–Crippen LogP) is 0.339. The number of primary amides is 1. The molecule has 5 nitrogen and oxygen atoms in total. The van der Waals surface area contributed by atoms with E-state index < -0.39 is 5.54 Å². The van der Waals surface area contributed by atoms with Crippen molar-refractivity contribution in [2.24, 2.45) is 5.73 Å². The van der Waals surface area contributed by atoms with Gasteiger partial charge in [0.2, 0.25) is 5.91 Å². The van der Waals surface area contributed by atoms with Crippen molar-refractivity contribution >= 4 is 5.91 Å². The molecule has 3 N–H and O–H groups in total. The average molecular weight is 257 g/mol. The Kier molecular flexibility index (Phi) is 5.56. The predicted molar refractivity (Wildman–Crippen MR) is 72.3 cm³/mol. The first-order valence-corrected chi connectivity index (χ1v) is 6.74. The molecule has 0 saturated carbocycles. The molecule has 2 atom stereocenters. The van der Waals surface area contributed by atoms with Crippen LogP contribution in [0.2, 0.25) is 0 Å². The zero-order chi connectivity index (χ0) is 13.8. The standard InChI is InChI=1S/C13H27N3O2/c1-10(2)15-13(4,12(14)17)9-11(3)16-5-7-18-8-6-16/h10-11,15H,5-9H2,1-4H3,(H2,14,17). The molecule has 1 rings (SSSR count). The van der Waals surface area contributed by atoms with Crippen molar-refractivity contribution in [2.75, 3.05) is 26.3 Å². The summed E-state index contributed by atoms with van der Waals surface area (Å²) in [5.41, 5.74) is 4.91. The number of nitrogens with two attached hydrogens (primary N) is 1. The number of amides is 1. The largest absolute Gasteiger partial charge is 0.379 e. The summed E-state index contributed by atoms with van der Waals surface area (Å²) in [5.74, 6) is -0.281. The zero-order valence-corrected chi connectivity index (χ0v) is 12.0. The van der Waals surface area contributed by atoms with Gasteiger partial charge in [-0.1, -0.05) is 0 Å². The highest BCUT2D eigenvalue weighted by Gasteiger charge is 2.34. The molecule has 5 heteroatoms. The summed E-state index contributed by atoms with van der Waals surface area (Å²) in [6.07, 6.45) is 0.723. The minimum atomic E-state index is -0.647. The van der Waals surface area contributed by atoms with E-state index in [0.717, 1.165) is 32.7 Å². The Morgan fingerprint density at radius 2 is 1.94 bits per heavy atom. The van der Waals surface area contributed by atoms with E-state index in [4.69, 9.17) is 10.5 Å². The summed E-state index contributed by atoms with van der Waals surface area (Å²) in [6.45, 7) is 11.5. The average Bonchev–Trinajstić information content (AvgIpc) is 2.28. The van der Waals surface area contributed by atoms with E-state index in [-0.39, 0.29) is 11.9 Å². The van der Waals surface area contributed by atoms with E-state index in [1.165, 1.54) is 0 Å². The maximum absolute atomic E-state index is 11.7. The highest BCUT2D eigenvalue weighted by Crippen LogP contribution is 2.18. The first-order valence-electron chi connectivity index (χ1n) is 6.74. The molecule has 0 aliphatic carbocycles. The fraction of sp³-hybridized carbons (Fsp3) is 0.923. The fourth-order valence-electron chi connectivity index (χ4n) is 2.61. The third-order valence-electron chi connectivity index (χ3n) is 3.52. The van der Waals surface area contributed by atoms with Crippen LogP contribution in [0.1, 0.15) is 34.1 Å². The lowest BCUT2D eigenvalue weighted by atomic mass is 9.91. The van der Waals surface area contributed by atoms with Crippen molar-refractivity contribution in [2.45, 2.75) is 51.7 Å². The van der Waals surface area contributed by atoms with E-state index in [0.29, 0.717) is 6.04 Å². The minimum absolute atomic E-state index is 0.236. The lowest BCUT2D eigenvalue weighted by Crippen LogP contribution is -2.58. The van der Waals surface area contributed by atoms with Gasteiger partial charge in [0.15, 0.2) is 0 Å². The number of morpholine rings is 1. The Labute approximate surface area is 110 Å². The van der Waals surface area contributed by atoms with E-state index in [1.54, 1.807) is 0 Å². The van der Waals surface area contributed by atoms with Gasteiger partial charge in [-0.15, -0.1) is 0 Å². The summed E-state index contributed by atoms with van der Waals surface area (Å²) < 4.78 is 5.34. The first-order chi connectivity index (χ1) is 8.35. The molecule has 0 spiro atoms. The molecule has 1 saturated heterocycles. The molecule has 0 aromatic carbocycles. The van der Waals surface area contributed by atoms with Crippen molar-refractivity contribution in [3.63, 3.8) is 0 Å². The first kappa shape index (κ1) is 15.4. The zero-order valence-electron chi connectivity index (χ0n) is 12.0. The van der Waals surface area contributed by atoms with Gasteiger partial charge in [-0.05, 0) is 34.1 Å². The third-order valence-corrected chi connectivity index (χ3v) is 3.52. The third kappa shape index (κ3) is 4.23. The number of nitrogens with one attached hydrogen (secondary N) is 1. The Morgan fingerprint density at radius 1 is 1.39 bits per heavy atom. The summed E-state index contributed by atoms with van der Waals surface area (Å²) >= 11 is 0. The maximum atomic E-state index is 11.7. The lowest BCUT2D eigenvalue weighted by molar-refractivity contribution is -0.125. The number of hydrogen-bond acceptors (Lipinski definition) is 4. The molecule has 0 bridgehead atoms. The summed E-state index contributed by atoms with van der Waals surface area (Å²) in [4.78, 5) is 14.0. The molecule has 106 valence electrons. The van der Waals surface area contributed by atoms with Crippen molar-refractivity contribution < 1.29 is 9.53 Å². The van der Waals surface area contributed by atoms with Crippen LogP contribution in [0.4, 0.5) is 0 Å². The van der Waals surface area contributed by atoms with Crippen LogP contribution in [0.25, 0.3) is 0 Å². The second kappa shape index (κ2) is 6.50. The van der Waals surface area contributed by atoms with Gasteiger partial charge in [0.1, 0.15) is 0 Å². The van der Waals surface area contributed by atoms with Crippen molar-refractivity contribution in [3.8, 4) is 0 Å². The van der Waals surface area contributed by atoms with Gasteiger partial charge in [-0.3, -0.25) is 9.69 Å². The number of carbonyl (C=O) groups excluding carboxylic acids is 1. The summed E-state index contributed by atoms with van der Waals surface area (Å²) in [7, 11) is 0. The molecule has 0 radical (unpaired) electrons. The second-order valence-electron chi connectivity index (χ2n) is 5.70. The highest BCUT2D eigenvalue weighted by molar-refractivity contribution is 5.84. The molecule has 0 aromatic heterocycles. The number of rotatable bonds is 6. The number of ether oxygens (including phenoxy) is 1. The summed E-state index contributed by atoms with van der Waals surface area (Å²) in [6, 6.07) is 0.553. The van der Waals surface area contributed by atoms with Crippen LogP contribution in [0.3, 0.4) is 0 Å². The smallest absolute Gasteiger partial charge is 0.237 e. The maximum Gasteiger partial charge on any atom is 0.237 e. The second-order valence-corrected chi connectivity index (χ2v) is 5.70. The van der Waals surface area contributed by atoms with Crippen LogP contribution in [0.5, 0.6) is 0 Å². The molecule has 1 heterocycles. The monoisotopic (exact) mass is 257 g/mol. The normalized spacial score (nSPS) is 22.7. The van der Waals surface area contributed by atoms with Crippen LogP contribution in [0.15, 0.2) is 0 Å². The van der Waals surface area contributed by atoms with Crippen molar-refractivity contribution in [3.05, 3.63) is 0 Å². The van der Waals surface area contributed by atoms with Gasteiger partial charge >= 0.3 is 0 Å². The van der Waals surface area contributed by atoms with Gasteiger partial charge in [0, 0.05) is 25.2 Å². The van der Waals surface area contributed by atoms with Crippen molar-refractivity contribution in [1.82, 2.24) is 10.2 Å². The van der Waals surface area contributed by atoms with Crippen molar-refractivity contribution in [1.29, 1.82) is 0 Å². The molecular formula is C13H27N3O2. The molecule has 1 amide bonds. The lowest BCUT2D eigenvalue weighted by Gasteiger charge is -2.38. The number of carbonyl (C=O) groups is 1. The SMILES string of the molecule is CC(C)NC(C)(CC(C)N1CCOCC1)C(N)=O. The van der Waals surface area contributed by atoms with Gasteiger partial charge in [-0.25, -0.2) is 0 Å².